The summed E-state index contributed by atoms with van der Waals surface area (Å²) in [6, 6.07) is 9.79. The maximum atomic E-state index is 12.6. The van der Waals surface area contributed by atoms with Crippen LogP contribution in [0.15, 0.2) is 41.4 Å². The fourth-order valence-corrected chi connectivity index (χ4v) is 4.10. The van der Waals surface area contributed by atoms with Crippen molar-refractivity contribution in [3.8, 4) is 0 Å². The summed E-state index contributed by atoms with van der Waals surface area (Å²) < 4.78 is 7.42. The average Bonchev–Trinajstić information content (AvgIpc) is 2.93. The van der Waals surface area contributed by atoms with Crippen LogP contribution in [0, 0.1) is 0 Å². The zero-order valence-corrected chi connectivity index (χ0v) is 17.1. The molecule has 0 aliphatic heterocycles. The third-order valence-corrected chi connectivity index (χ3v) is 5.43. The van der Waals surface area contributed by atoms with E-state index in [0.717, 1.165) is 10.2 Å². The van der Waals surface area contributed by atoms with Gasteiger partial charge in [0.25, 0.3) is 5.91 Å². The molecule has 2 aromatic carbocycles. The van der Waals surface area contributed by atoms with Crippen LogP contribution < -0.4 is 4.80 Å². The molecule has 3 rings (SSSR count). The summed E-state index contributed by atoms with van der Waals surface area (Å²) in [6.07, 6.45) is 0. The molecule has 0 saturated heterocycles. The molecule has 0 aliphatic rings. The van der Waals surface area contributed by atoms with E-state index in [2.05, 4.69) is 4.99 Å². The van der Waals surface area contributed by atoms with Gasteiger partial charge in [0.1, 0.15) is 6.54 Å². The molecule has 3 aromatic rings. The molecular formula is C18H13Cl3N2O3S. The quantitative estimate of drug-likeness (QED) is 0.535. The van der Waals surface area contributed by atoms with Crippen molar-refractivity contribution in [3.05, 3.63) is 61.8 Å². The average molecular weight is 444 g/mol. The van der Waals surface area contributed by atoms with E-state index in [9.17, 15) is 9.59 Å². The summed E-state index contributed by atoms with van der Waals surface area (Å²) in [6.45, 7) is 1.91. The van der Waals surface area contributed by atoms with Crippen LogP contribution in [-0.2, 0) is 16.1 Å². The summed E-state index contributed by atoms with van der Waals surface area (Å²) in [5.41, 5.74) is 0.906. The Labute approximate surface area is 173 Å². The van der Waals surface area contributed by atoms with Crippen molar-refractivity contribution in [2.75, 3.05) is 6.61 Å². The number of ether oxygens (including phenoxy) is 1. The number of rotatable bonds is 4. The molecule has 0 radical (unpaired) electrons. The Kier molecular flexibility index (Phi) is 6.22. The van der Waals surface area contributed by atoms with Crippen molar-refractivity contribution in [2.24, 2.45) is 4.99 Å². The van der Waals surface area contributed by atoms with E-state index in [4.69, 9.17) is 39.5 Å². The van der Waals surface area contributed by atoms with Crippen molar-refractivity contribution in [1.29, 1.82) is 0 Å². The number of carbonyl (C=O) groups excluding carboxylic acids is 2. The molecule has 0 fully saturated rings. The Hall–Kier alpha value is -1.86. The van der Waals surface area contributed by atoms with Gasteiger partial charge in [0, 0.05) is 10.0 Å². The minimum absolute atomic E-state index is 0.0785. The zero-order chi connectivity index (χ0) is 19.6. The van der Waals surface area contributed by atoms with Gasteiger partial charge in [-0.25, -0.2) is 0 Å². The van der Waals surface area contributed by atoms with Crippen molar-refractivity contribution in [1.82, 2.24) is 4.57 Å². The molecule has 1 aromatic heterocycles. The number of hydrogen-bond donors (Lipinski definition) is 0. The summed E-state index contributed by atoms with van der Waals surface area (Å²) in [5, 5.41) is 1.16. The minimum atomic E-state index is -0.558. The molecule has 27 heavy (non-hydrogen) atoms. The van der Waals surface area contributed by atoms with E-state index in [1.807, 2.05) is 0 Å². The number of thiazole rings is 1. The maximum absolute atomic E-state index is 12.6. The van der Waals surface area contributed by atoms with Gasteiger partial charge < -0.3 is 9.30 Å². The summed E-state index contributed by atoms with van der Waals surface area (Å²) in [5.74, 6) is -0.986. The number of amides is 1. The molecule has 140 valence electrons. The minimum Gasteiger partial charge on any atom is -0.465 e. The second-order valence-electron chi connectivity index (χ2n) is 5.43. The molecule has 0 unspecified atom stereocenters. The fourth-order valence-electron chi connectivity index (χ4n) is 2.43. The second-order valence-corrected chi connectivity index (χ2v) is 7.72. The van der Waals surface area contributed by atoms with Crippen LogP contribution in [0.3, 0.4) is 0 Å². The van der Waals surface area contributed by atoms with Crippen LogP contribution >= 0.6 is 46.1 Å². The predicted molar refractivity (Wildman–Crippen MR) is 108 cm³/mol. The first-order chi connectivity index (χ1) is 12.9. The molecule has 1 heterocycles. The molecular weight excluding hydrogens is 431 g/mol. The SMILES string of the molecule is CCOC(=O)Cn1c(=NC(=O)c2cc(Cl)ccc2Cl)sc2cc(Cl)ccc21. The van der Waals surface area contributed by atoms with Gasteiger partial charge in [-0.05, 0) is 43.3 Å². The fraction of sp³-hybridized carbons (Fsp3) is 0.167. The first kappa shape index (κ1) is 19.9. The van der Waals surface area contributed by atoms with Gasteiger partial charge in [0.2, 0.25) is 0 Å². The first-order valence-electron chi connectivity index (χ1n) is 7.87. The van der Waals surface area contributed by atoms with E-state index in [-0.39, 0.29) is 23.7 Å². The Balaban J connectivity index is 2.14. The van der Waals surface area contributed by atoms with Crippen LogP contribution in [0.1, 0.15) is 17.3 Å². The first-order valence-corrected chi connectivity index (χ1v) is 9.82. The van der Waals surface area contributed by atoms with Crippen LogP contribution in [0.5, 0.6) is 0 Å². The van der Waals surface area contributed by atoms with Gasteiger partial charge in [-0.2, -0.15) is 4.99 Å². The lowest BCUT2D eigenvalue weighted by molar-refractivity contribution is -0.143. The Morgan fingerprint density at radius 2 is 1.81 bits per heavy atom. The lowest BCUT2D eigenvalue weighted by Crippen LogP contribution is -2.23. The Bertz CT molecular complexity index is 1100. The van der Waals surface area contributed by atoms with Gasteiger partial charge in [-0.3, -0.25) is 9.59 Å². The summed E-state index contributed by atoms with van der Waals surface area (Å²) >= 11 is 19.3. The van der Waals surface area contributed by atoms with Crippen molar-refractivity contribution < 1.29 is 14.3 Å². The van der Waals surface area contributed by atoms with Crippen molar-refractivity contribution in [3.63, 3.8) is 0 Å². The summed E-state index contributed by atoms with van der Waals surface area (Å²) in [7, 11) is 0. The largest absolute Gasteiger partial charge is 0.465 e. The highest BCUT2D eigenvalue weighted by Crippen LogP contribution is 2.23. The number of benzene rings is 2. The molecule has 0 aliphatic carbocycles. The third-order valence-electron chi connectivity index (χ3n) is 3.59. The van der Waals surface area contributed by atoms with Gasteiger partial charge >= 0.3 is 5.97 Å². The molecule has 9 heteroatoms. The lowest BCUT2D eigenvalue weighted by atomic mass is 10.2. The number of esters is 1. The number of hydrogen-bond acceptors (Lipinski definition) is 4. The highest BCUT2D eigenvalue weighted by Gasteiger charge is 2.15. The van der Waals surface area contributed by atoms with Crippen molar-refractivity contribution >= 4 is 68.2 Å². The van der Waals surface area contributed by atoms with Crippen LogP contribution in [0.4, 0.5) is 0 Å². The number of halogens is 3. The molecule has 0 bridgehead atoms. The number of fused-ring (bicyclic) bond motifs is 1. The van der Waals surface area contributed by atoms with E-state index < -0.39 is 11.9 Å². The highest BCUT2D eigenvalue weighted by molar-refractivity contribution is 7.16. The van der Waals surface area contributed by atoms with E-state index >= 15 is 0 Å². The lowest BCUT2D eigenvalue weighted by Gasteiger charge is -2.05. The number of nitrogens with zero attached hydrogens (tertiary/aromatic N) is 2. The molecule has 0 N–H and O–H groups in total. The topological polar surface area (TPSA) is 60.7 Å². The third kappa shape index (κ3) is 4.52. The number of aromatic nitrogens is 1. The van der Waals surface area contributed by atoms with Crippen LogP contribution in [-0.4, -0.2) is 23.1 Å². The normalized spacial score (nSPS) is 11.8. The zero-order valence-electron chi connectivity index (χ0n) is 14.0. The second kappa shape index (κ2) is 8.44. The van der Waals surface area contributed by atoms with Gasteiger partial charge in [0.15, 0.2) is 4.80 Å². The van der Waals surface area contributed by atoms with Gasteiger partial charge in [-0.1, -0.05) is 46.1 Å². The smallest absolute Gasteiger partial charge is 0.326 e. The Morgan fingerprint density at radius 3 is 2.56 bits per heavy atom. The van der Waals surface area contributed by atoms with Crippen LogP contribution in [0.25, 0.3) is 10.2 Å². The molecule has 5 nitrogen and oxygen atoms in total. The van der Waals surface area contributed by atoms with E-state index in [1.165, 1.54) is 23.5 Å². The summed E-state index contributed by atoms with van der Waals surface area (Å²) in [4.78, 5) is 29.1. The molecule has 1 amide bonds. The predicted octanol–water partition coefficient (Wildman–Crippen LogP) is 4.97. The van der Waals surface area contributed by atoms with Gasteiger partial charge in [-0.15, -0.1) is 0 Å². The maximum Gasteiger partial charge on any atom is 0.326 e. The van der Waals surface area contributed by atoms with E-state index in [0.29, 0.717) is 14.8 Å². The monoisotopic (exact) mass is 442 g/mol. The van der Waals surface area contributed by atoms with Crippen LogP contribution in [0.2, 0.25) is 15.1 Å². The van der Waals surface area contributed by atoms with E-state index in [1.54, 1.807) is 35.8 Å². The molecule has 0 atom stereocenters. The Morgan fingerprint density at radius 1 is 1.11 bits per heavy atom. The highest BCUT2D eigenvalue weighted by atomic mass is 35.5. The molecule has 0 spiro atoms. The van der Waals surface area contributed by atoms with Gasteiger partial charge in [0.05, 0.1) is 27.4 Å². The molecule has 0 saturated carbocycles. The standard InChI is InChI=1S/C18H13Cl3N2O3S/c1-2-26-16(24)9-23-14-6-4-11(20)8-15(14)27-18(23)22-17(25)12-7-10(19)3-5-13(12)21/h3-8H,2,9H2,1H3. The number of carbonyl (C=O) groups is 2. The van der Waals surface area contributed by atoms with Crippen molar-refractivity contribution in [2.45, 2.75) is 13.5 Å².